The van der Waals surface area contributed by atoms with Gasteiger partial charge in [-0.05, 0) is 36.4 Å². The van der Waals surface area contributed by atoms with E-state index in [9.17, 15) is 35.2 Å². The highest BCUT2D eigenvalue weighted by Crippen LogP contribution is 2.32. The molecule has 0 bridgehead atoms. The van der Waals surface area contributed by atoms with E-state index in [4.69, 9.17) is 0 Å². The quantitative estimate of drug-likeness (QED) is 0.650. The molecule has 3 rings (SSSR count). The number of hydrogen-bond donors (Lipinski definition) is 1. The summed E-state index contributed by atoms with van der Waals surface area (Å²) in [6.45, 7) is 0.336. The highest BCUT2D eigenvalue weighted by atomic mass is 32.2. The number of amides is 1. The predicted octanol–water partition coefficient (Wildman–Crippen LogP) is 2.87. The van der Waals surface area contributed by atoms with Crippen LogP contribution in [0.4, 0.5) is 27.6 Å². The molecule has 0 unspecified atom stereocenters. The third-order valence-corrected chi connectivity index (χ3v) is 6.87. The highest BCUT2D eigenvalue weighted by molar-refractivity contribution is 7.89. The molecule has 1 fully saturated rings. The number of anilines is 1. The van der Waals surface area contributed by atoms with E-state index in [2.05, 4.69) is 5.32 Å². The summed E-state index contributed by atoms with van der Waals surface area (Å²) in [5.74, 6) is -3.45. The van der Waals surface area contributed by atoms with E-state index >= 15 is 0 Å². The Morgan fingerprint density at radius 3 is 2.28 bits per heavy atom. The van der Waals surface area contributed by atoms with Crippen molar-refractivity contribution < 1.29 is 35.2 Å². The maximum atomic E-state index is 13.2. The second kappa shape index (κ2) is 9.41. The molecule has 2 aromatic carbocycles. The number of piperazine rings is 1. The van der Waals surface area contributed by atoms with E-state index in [0.29, 0.717) is 11.8 Å². The molecule has 0 saturated carbocycles. The molecule has 0 atom stereocenters. The molecule has 1 heterocycles. The van der Waals surface area contributed by atoms with Crippen LogP contribution < -0.4 is 10.2 Å². The van der Waals surface area contributed by atoms with Gasteiger partial charge >= 0.3 is 6.18 Å². The SMILES string of the molecule is O=C(NCCS(=O)(=O)N1CCN(c2cccc(C(F)(F)F)c2)CC1)c1ccc(F)c(F)c1. The van der Waals surface area contributed by atoms with Gasteiger partial charge in [0.15, 0.2) is 11.6 Å². The average molecular weight is 477 g/mol. The number of carbonyl (C=O) groups is 1. The first-order valence-corrected chi connectivity index (χ1v) is 11.2. The molecule has 0 radical (unpaired) electrons. The van der Waals surface area contributed by atoms with E-state index in [1.807, 2.05) is 0 Å². The van der Waals surface area contributed by atoms with Crippen molar-refractivity contribution in [2.45, 2.75) is 6.18 Å². The lowest BCUT2D eigenvalue weighted by Crippen LogP contribution is -2.50. The number of alkyl halides is 3. The third kappa shape index (κ3) is 5.74. The Hall–Kier alpha value is -2.73. The van der Waals surface area contributed by atoms with Crippen molar-refractivity contribution >= 4 is 21.6 Å². The summed E-state index contributed by atoms with van der Waals surface area (Å²) >= 11 is 0. The third-order valence-electron chi connectivity index (χ3n) is 5.00. The van der Waals surface area contributed by atoms with E-state index in [-0.39, 0.29) is 38.3 Å². The summed E-state index contributed by atoms with van der Waals surface area (Å²) in [7, 11) is -3.74. The minimum absolute atomic E-state index is 0.0791. The Bertz CT molecular complexity index is 1080. The molecule has 6 nitrogen and oxygen atoms in total. The standard InChI is InChI=1S/C20H20F5N3O3S/c21-17-5-4-14(12-18(17)22)19(29)26-6-11-32(30,31)28-9-7-27(8-10-28)16-3-1-2-15(13-16)20(23,24)25/h1-5,12-13H,6-11H2,(H,26,29). The average Bonchev–Trinajstić information content (AvgIpc) is 2.75. The van der Waals surface area contributed by atoms with Gasteiger partial charge in [-0.25, -0.2) is 17.2 Å². The van der Waals surface area contributed by atoms with Crippen LogP contribution in [0.25, 0.3) is 0 Å². The van der Waals surface area contributed by atoms with Crippen molar-refractivity contribution in [1.82, 2.24) is 9.62 Å². The lowest BCUT2D eigenvalue weighted by molar-refractivity contribution is -0.137. The van der Waals surface area contributed by atoms with Crippen molar-refractivity contribution in [2.24, 2.45) is 0 Å². The van der Waals surface area contributed by atoms with E-state index in [1.165, 1.54) is 16.4 Å². The second-order valence-electron chi connectivity index (χ2n) is 7.13. The molecule has 2 aromatic rings. The van der Waals surface area contributed by atoms with Crippen LogP contribution in [0.2, 0.25) is 0 Å². The summed E-state index contributed by atoms with van der Waals surface area (Å²) in [6, 6.07) is 7.42. The zero-order chi connectivity index (χ0) is 23.5. The van der Waals surface area contributed by atoms with Crippen LogP contribution in [-0.2, 0) is 16.2 Å². The lowest BCUT2D eigenvalue weighted by Gasteiger charge is -2.35. The largest absolute Gasteiger partial charge is 0.416 e. The molecule has 12 heteroatoms. The van der Waals surface area contributed by atoms with Crippen LogP contribution in [0.15, 0.2) is 42.5 Å². The zero-order valence-corrected chi connectivity index (χ0v) is 17.5. The maximum Gasteiger partial charge on any atom is 0.416 e. The Morgan fingerprint density at radius 1 is 0.969 bits per heavy atom. The van der Waals surface area contributed by atoms with Crippen molar-refractivity contribution in [3.05, 3.63) is 65.2 Å². The molecule has 0 aliphatic carbocycles. The van der Waals surface area contributed by atoms with E-state index in [0.717, 1.165) is 24.3 Å². The number of nitrogens with zero attached hydrogens (tertiary/aromatic N) is 2. The van der Waals surface area contributed by atoms with Crippen LogP contribution in [0.3, 0.4) is 0 Å². The minimum atomic E-state index is -4.47. The van der Waals surface area contributed by atoms with Gasteiger partial charge in [0, 0.05) is 44.0 Å². The predicted molar refractivity (Wildman–Crippen MR) is 108 cm³/mol. The summed E-state index contributed by atoms with van der Waals surface area (Å²) in [4.78, 5) is 13.6. The van der Waals surface area contributed by atoms with Crippen molar-refractivity contribution in [3.63, 3.8) is 0 Å². The van der Waals surface area contributed by atoms with E-state index < -0.39 is 45.1 Å². The molecule has 1 aliphatic rings. The maximum absolute atomic E-state index is 13.2. The second-order valence-corrected chi connectivity index (χ2v) is 9.22. The summed E-state index contributed by atoms with van der Waals surface area (Å²) in [5, 5.41) is 2.34. The number of hydrogen-bond acceptors (Lipinski definition) is 4. The normalized spacial score (nSPS) is 15.6. The fourth-order valence-corrected chi connectivity index (χ4v) is 4.60. The molecule has 0 aromatic heterocycles. The summed E-state index contributed by atoms with van der Waals surface area (Å²) in [6.07, 6.45) is -4.47. The molecule has 0 spiro atoms. The van der Waals surface area contributed by atoms with E-state index in [1.54, 1.807) is 4.90 Å². The van der Waals surface area contributed by atoms with Crippen molar-refractivity contribution in [2.75, 3.05) is 43.4 Å². The molecule has 1 N–H and O–H groups in total. The first-order chi connectivity index (χ1) is 15.0. The fourth-order valence-electron chi connectivity index (χ4n) is 3.27. The minimum Gasteiger partial charge on any atom is -0.369 e. The number of rotatable bonds is 6. The van der Waals surface area contributed by atoms with Gasteiger partial charge < -0.3 is 10.2 Å². The Morgan fingerprint density at radius 2 is 1.66 bits per heavy atom. The first kappa shape index (κ1) is 23.9. The number of halogens is 5. The van der Waals surface area contributed by atoms with Crippen molar-refractivity contribution in [3.8, 4) is 0 Å². The highest BCUT2D eigenvalue weighted by Gasteiger charge is 2.32. The van der Waals surface area contributed by atoms with Gasteiger partial charge in [0.25, 0.3) is 5.91 Å². The zero-order valence-electron chi connectivity index (χ0n) is 16.7. The Labute approximate surface area is 181 Å². The first-order valence-electron chi connectivity index (χ1n) is 9.61. The molecule has 32 heavy (non-hydrogen) atoms. The fraction of sp³-hybridized carbons (Fsp3) is 0.350. The number of nitrogens with one attached hydrogen (secondary N) is 1. The monoisotopic (exact) mass is 477 g/mol. The Kier molecular flexibility index (Phi) is 7.03. The van der Waals surface area contributed by atoms with Crippen LogP contribution in [0.1, 0.15) is 15.9 Å². The smallest absolute Gasteiger partial charge is 0.369 e. The number of carbonyl (C=O) groups excluding carboxylic acids is 1. The lowest BCUT2D eigenvalue weighted by atomic mass is 10.1. The molecule has 1 amide bonds. The van der Waals surface area contributed by atoms with Gasteiger partial charge in [-0.1, -0.05) is 6.07 Å². The van der Waals surface area contributed by atoms with Crippen molar-refractivity contribution in [1.29, 1.82) is 0 Å². The summed E-state index contributed by atoms with van der Waals surface area (Å²) < 4.78 is 91.1. The number of benzene rings is 2. The van der Waals surface area contributed by atoms with Gasteiger partial charge in [-0.2, -0.15) is 17.5 Å². The van der Waals surface area contributed by atoms with Crippen LogP contribution in [-0.4, -0.2) is 57.1 Å². The van der Waals surface area contributed by atoms with Gasteiger partial charge in [0.2, 0.25) is 10.0 Å². The van der Waals surface area contributed by atoms with Crippen LogP contribution >= 0.6 is 0 Å². The molecule has 1 aliphatic heterocycles. The molecular formula is C20H20F5N3O3S. The molecular weight excluding hydrogens is 457 g/mol. The molecule has 1 saturated heterocycles. The molecule has 174 valence electrons. The van der Waals surface area contributed by atoms with Crippen LogP contribution in [0.5, 0.6) is 0 Å². The topological polar surface area (TPSA) is 69.7 Å². The van der Waals surface area contributed by atoms with Gasteiger partial charge in [-0.15, -0.1) is 0 Å². The van der Waals surface area contributed by atoms with Crippen LogP contribution in [0, 0.1) is 11.6 Å². The van der Waals surface area contributed by atoms with Gasteiger partial charge in [0.1, 0.15) is 0 Å². The van der Waals surface area contributed by atoms with Gasteiger partial charge in [0.05, 0.1) is 11.3 Å². The van der Waals surface area contributed by atoms with Gasteiger partial charge in [-0.3, -0.25) is 4.79 Å². The number of sulfonamides is 1. The summed E-state index contributed by atoms with van der Waals surface area (Å²) in [5.41, 5.74) is -0.562. The Balaban J connectivity index is 1.52.